The maximum absolute atomic E-state index is 5.56. The minimum absolute atomic E-state index is 0.408. The van der Waals surface area contributed by atoms with Gasteiger partial charge in [0.25, 0.3) is 0 Å². The van der Waals surface area contributed by atoms with Crippen LogP contribution < -0.4 is 10.1 Å². The number of nitrogens with zero attached hydrogens (tertiary/aromatic N) is 5. The molecule has 0 saturated carbocycles. The molecule has 0 fully saturated rings. The van der Waals surface area contributed by atoms with Crippen LogP contribution in [0.3, 0.4) is 0 Å². The normalized spacial score (nSPS) is 11.6. The Hall–Kier alpha value is -4.28. The van der Waals surface area contributed by atoms with Crippen LogP contribution >= 0.6 is 0 Å². The minimum atomic E-state index is 0.408. The molecule has 2 aromatic carbocycles. The summed E-state index contributed by atoms with van der Waals surface area (Å²) in [6.07, 6.45) is 3.39. The molecule has 39 heavy (non-hydrogen) atoms. The molecule has 0 atom stereocenters. The van der Waals surface area contributed by atoms with Crippen molar-refractivity contribution in [2.45, 2.75) is 26.3 Å². The van der Waals surface area contributed by atoms with Crippen LogP contribution in [0.1, 0.15) is 30.9 Å². The molecule has 0 aliphatic heterocycles. The van der Waals surface area contributed by atoms with E-state index < -0.39 is 0 Å². The molecule has 0 spiro atoms. The lowest BCUT2D eigenvalue weighted by atomic mass is 10.0. The van der Waals surface area contributed by atoms with Crippen LogP contribution in [-0.2, 0) is 11.3 Å². The van der Waals surface area contributed by atoms with Gasteiger partial charge in [-0.15, -0.1) is 0 Å². The average molecular weight is 527 g/mol. The van der Waals surface area contributed by atoms with Crippen molar-refractivity contribution in [2.75, 3.05) is 39.7 Å². The Labute approximate surface area is 227 Å². The third-order valence-corrected chi connectivity index (χ3v) is 6.59. The summed E-state index contributed by atoms with van der Waals surface area (Å²) in [6, 6.07) is 14.5. The van der Waals surface area contributed by atoms with Crippen LogP contribution in [0.5, 0.6) is 5.75 Å². The van der Waals surface area contributed by atoms with Crippen LogP contribution in [0.15, 0.2) is 54.9 Å². The number of nitrogens with one attached hydrogen (secondary N) is 3. The highest BCUT2D eigenvalue weighted by Crippen LogP contribution is 2.32. The lowest BCUT2D eigenvalue weighted by Crippen LogP contribution is -2.22. The molecule has 0 unspecified atom stereocenters. The number of H-pyrrole nitrogens is 2. The second-order valence-corrected chi connectivity index (χ2v) is 9.84. The van der Waals surface area contributed by atoms with Gasteiger partial charge in [0.2, 0.25) is 0 Å². The minimum Gasteiger partial charge on any atom is -0.491 e. The van der Waals surface area contributed by atoms with Crippen molar-refractivity contribution < 1.29 is 9.47 Å². The predicted octanol–water partition coefficient (Wildman–Crippen LogP) is 5.36. The van der Waals surface area contributed by atoms with E-state index in [2.05, 4.69) is 75.5 Å². The van der Waals surface area contributed by atoms with Crippen LogP contribution in [0, 0.1) is 0 Å². The quantitative estimate of drug-likeness (QED) is 0.210. The van der Waals surface area contributed by atoms with Gasteiger partial charge in [0.1, 0.15) is 5.69 Å². The number of likely N-dealkylation sites (N-methyl/N-ethyl adjacent to an activating group) is 1. The fraction of sp³-hybridized carbons (Fsp3) is 0.310. The first-order valence-electron chi connectivity index (χ1n) is 12.9. The highest BCUT2D eigenvalue weighted by atomic mass is 16.5. The van der Waals surface area contributed by atoms with E-state index in [4.69, 9.17) is 19.4 Å². The first kappa shape index (κ1) is 26.3. The van der Waals surface area contributed by atoms with Gasteiger partial charge < -0.3 is 19.8 Å². The predicted molar refractivity (Wildman–Crippen MR) is 153 cm³/mol. The van der Waals surface area contributed by atoms with Crippen LogP contribution in [0.2, 0.25) is 0 Å². The third kappa shape index (κ3) is 5.92. The smallest absolute Gasteiger partial charge is 0.179 e. The van der Waals surface area contributed by atoms with Gasteiger partial charge in [0.15, 0.2) is 23.2 Å². The summed E-state index contributed by atoms with van der Waals surface area (Å²) in [5.41, 5.74) is 6.63. The van der Waals surface area contributed by atoms with Gasteiger partial charge in [-0.25, -0.2) is 15.0 Å². The summed E-state index contributed by atoms with van der Waals surface area (Å²) < 4.78 is 10.7. The summed E-state index contributed by atoms with van der Waals surface area (Å²) in [4.78, 5) is 19.8. The number of aromatic nitrogens is 6. The highest BCUT2D eigenvalue weighted by Gasteiger charge is 2.17. The lowest BCUT2D eigenvalue weighted by Gasteiger charge is -2.15. The molecule has 0 aliphatic rings. The summed E-state index contributed by atoms with van der Waals surface area (Å²) in [6.45, 7) is 6.72. The Morgan fingerprint density at radius 3 is 2.72 bits per heavy atom. The summed E-state index contributed by atoms with van der Waals surface area (Å²) in [5, 5.41) is 10.7. The lowest BCUT2D eigenvalue weighted by molar-refractivity contribution is 0.158. The van der Waals surface area contributed by atoms with Gasteiger partial charge in [-0.1, -0.05) is 38.1 Å². The molecule has 10 heteroatoms. The van der Waals surface area contributed by atoms with E-state index >= 15 is 0 Å². The largest absolute Gasteiger partial charge is 0.491 e. The third-order valence-electron chi connectivity index (χ3n) is 6.59. The van der Waals surface area contributed by atoms with Crippen molar-refractivity contribution in [3.63, 3.8) is 0 Å². The molecule has 0 bridgehead atoms. The molecule has 3 N–H and O–H groups in total. The second kappa shape index (κ2) is 11.6. The molecule has 0 aliphatic carbocycles. The zero-order valence-corrected chi connectivity index (χ0v) is 22.9. The molecule has 3 heterocycles. The number of hydrogen-bond donors (Lipinski definition) is 3. The average Bonchev–Trinajstić information content (AvgIpc) is 3.58. The van der Waals surface area contributed by atoms with E-state index in [-0.39, 0.29) is 0 Å². The fourth-order valence-electron chi connectivity index (χ4n) is 4.39. The van der Waals surface area contributed by atoms with E-state index in [1.165, 1.54) is 11.1 Å². The van der Waals surface area contributed by atoms with Crippen molar-refractivity contribution in [2.24, 2.45) is 0 Å². The molecule has 10 nitrogen and oxygen atoms in total. The Bertz CT molecular complexity index is 1560. The van der Waals surface area contributed by atoms with Crippen LogP contribution in [0.25, 0.3) is 33.9 Å². The van der Waals surface area contributed by atoms with Gasteiger partial charge in [-0.3, -0.25) is 10.00 Å². The molecular weight excluding hydrogens is 492 g/mol. The molecule has 5 aromatic rings. The molecule has 3 aromatic heterocycles. The van der Waals surface area contributed by atoms with Gasteiger partial charge >= 0.3 is 0 Å². The monoisotopic (exact) mass is 526 g/mol. The van der Waals surface area contributed by atoms with Crippen molar-refractivity contribution in [3.8, 4) is 28.7 Å². The maximum atomic E-state index is 5.56. The SMILES string of the molecule is COCCN(C)Cc1ccc2nc(-c3[nH]ncc3Nc3nc(-c4cccc(C(C)C)c4)ncc3OC)[nH]c2c1. The van der Waals surface area contributed by atoms with E-state index in [0.29, 0.717) is 47.1 Å². The van der Waals surface area contributed by atoms with E-state index in [0.717, 1.165) is 29.7 Å². The highest BCUT2D eigenvalue weighted by molar-refractivity contribution is 5.83. The summed E-state index contributed by atoms with van der Waals surface area (Å²) in [5.74, 6) is 2.76. The molecular formula is C29H34N8O2. The number of ether oxygens (including phenoxy) is 2. The summed E-state index contributed by atoms with van der Waals surface area (Å²) in [7, 11) is 5.40. The van der Waals surface area contributed by atoms with E-state index in [9.17, 15) is 0 Å². The number of fused-ring (bicyclic) bond motifs is 1. The number of imidazole rings is 1. The Kier molecular flexibility index (Phi) is 7.85. The number of anilines is 2. The molecule has 0 radical (unpaired) electrons. The first-order chi connectivity index (χ1) is 18.9. The maximum Gasteiger partial charge on any atom is 0.179 e. The van der Waals surface area contributed by atoms with E-state index in [1.54, 1.807) is 26.6 Å². The first-order valence-corrected chi connectivity index (χ1v) is 12.9. The van der Waals surface area contributed by atoms with Gasteiger partial charge in [-0.2, -0.15) is 5.10 Å². The molecule has 202 valence electrons. The zero-order valence-electron chi connectivity index (χ0n) is 22.9. The van der Waals surface area contributed by atoms with Crippen LogP contribution in [0.4, 0.5) is 11.5 Å². The van der Waals surface area contributed by atoms with Crippen molar-refractivity contribution >= 4 is 22.5 Å². The van der Waals surface area contributed by atoms with Crippen molar-refractivity contribution in [3.05, 3.63) is 66.0 Å². The van der Waals surface area contributed by atoms with Crippen LogP contribution in [-0.4, -0.2) is 69.5 Å². The Morgan fingerprint density at radius 2 is 1.92 bits per heavy atom. The zero-order chi connectivity index (χ0) is 27.4. The number of aromatic amines is 2. The van der Waals surface area contributed by atoms with Gasteiger partial charge in [0, 0.05) is 25.8 Å². The second-order valence-electron chi connectivity index (χ2n) is 9.84. The number of hydrogen-bond acceptors (Lipinski definition) is 8. The molecule has 0 amide bonds. The molecule has 5 rings (SSSR count). The standard InChI is InChI=1S/C29H34N8O2/c1-18(2)20-7-6-8-21(14-20)27-30-16-25(39-5)28(35-27)34-24-15-31-36-26(24)29-32-22-10-9-19(13-23(22)33-29)17-37(3)11-12-38-4/h6-10,13-16,18H,11-12,17H2,1-5H3,(H,31,36)(H,32,33)(H,30,34,35). The topological polar surface area (TPSA) is 117 Å². The summed E-state index contributed by atoms with van der Waals surface area (Å²) >= 11 is 0. The van der Waals surface area contributed by atoms with E-state index in [1.807, 2.05) is 18.2 Å². The van der Waals surface area contributed by atoms with Gasteiger partial charge in [-0.05, 0) is 42.3 Å². The number of benzene rings is 2. The van der Waals surface area contributed by atoms with Crippen molar-refractivity contribution in [1.29, 1.82) is 0 Å². The molecule has 0 saturated heterocycles. The van der Waals surface area contributed by atoms with Gasteiger partial charge in [0.05, 0.1) is 42.8 Å². The Morgan fingerprint density at radius 1 is 1.05 bits per heavy atom. The Balaban J connectivity index is 1.42. The number of methoxy groups -OCH3 is 2. The fourth-order valence-corrected chi connectivity index (χ4v) is 4.39. The van der Waals surface area contributed by atoms with Crippen molar-refractivity contribution in [1.82, 2.24) is 35.0 Å². The number of rotatable bonds is 11.